The molecule has 0 amide bonds. The topological polar surface area (TPSA) is 130 Å². The minimum atomic E-state index is -4.34. The van der Waals surface area contributed by atoms with E-state index in [-0.39, 0.29) is 12.2 Å². The van der Waals surface area contributed by atoms with Gasteiger partial charge in [0.1, 0.15) is 19.8 Å². The molecule has 0 saturated heterocycles. The summed E-state index contributed by atoms with van der Waals surface area (Å²) in [6.07, 6.45) is -1.19. The van der Waals surface area contributed by atoms with Crippen molar-refractivity contribution in [1.82, 2.24) is 0 Å². The molecule has 1 unspecified atom stereocenters. The average molecular weight is 438 g/mol. The molecule has 2 atom stereocenters. The molecule has 0 aliphatic heterocycles. The molecule has 0 radical (unpaired) electrons. The number of carbonyl (C=O) groups excluding carboxylic acids is 1. The van der Waals surface area contributed by atoms with Crippen LogP contribution in [0, 0.1) is 0 Å². The van der Waals surface area contributed by atoms with Crippen LogP contribution < -0.4 is 9.47 Å². The van der Waals surface area contributed by atoms with E-state index < -0.39 is 33.1 Å². The van der Waals surface area contributed by atoms with Crippen molar-refractivity contribution in [3.8, 4) is 11.5 Å². The zero-order valence-electron chi connectivity index (χ0n) is 17.2. The summed E-state index contributed by atoms with van der Waals surface area (Å²) in [6.45, 7) is -0.483. The summed E-state index contributed by atoms with van der Waals surface area (Å²) >= 11 is 0. The van der Waals surface area contributed by atoms with Crippen molar-refractivity contribution in [1.29, 1.82) is 0 Å². The Balaban J connectivity index is 2.53. The van der Waals surface area contributed by atoms with Gasteiger partial charge in [-0.25, -0.2) is 14.2 Å². The summed E-state index contributed by atoms with van der Waals surface area (Å²) in [4.78, 5) is 25.9. The number of carbonyl (C=O) groups is 1. The summed E-state index contributed by atoms with van der Waals surface area (Å²) < 4.78 is 37.2. The number of phosphoric ester groups is 1. The molecular weight excluding hydrogens is 409 g/mol. The molecule has 0 saturated carbocycles. The van der Waals surface area contributed by atoms with Crippen LogP contribution in [0.1, 0.15) is 10.4 Å². The van der Waals surface area contributed by atoms with E-state index in [2.05, 4.69) is 4.89 Å². The van der Waals surface area contributed by atoms with Crippen LogP contribution in [0.25, 0.3) is 0 Å². The molecule has 1 aromatic rings. The van der Waals surface area contributed by atoms with Crippen molar-refractivity contribution in [2.45, 2.75) is 6.10 Å². The van der Waals surface area contributed by atoms with Crippen LogP contribution in [-0.4, -0.2) is 88.4 Å². The third-order valence-electron chi connectivity index (χ3n) is 3.61. The Morgan fingerprint density at radius 1 is 1.10 bits per heavy atom. The Labute approximate surface area is 169 Å². The van der Waals surface area contributed by atoms with E-state index >= 15 is 0 Å². The lowest BCUT2D eigenvalue weighted by atomic mass is 10.2. The second-order valence-corrected chi connectivity index (χ2v) is 8.46. The molecular formula is C17H29NO10P+. The second-order valence-electron chi connectivity index (χ2n) is 7.01. The second kappa shape index (κ2) is 11.5. The summed E-state index contributed by atoms with van der Waals surface area (Å²) in [5.41, 5.74) is 0.178. The maximum atomic E-state index is 12.1. The Hall–Kier alpha value is -1.72. The van der Waals surface area contributed by atoms with Crippen LogP contribution in [0.15, 0.2) is 18.2 Å². The van der Waals surface area contributed by atoms with E-state index in [0.29, 0.717) is 22.5 Å². The van der Waals surface area contributed by atoms with Gasteiger partial charge in [-0.05, 0) is 18.2 Å². The van der Waals surface area contributed by atoms with Gasteiger partial charge in [-0.1, -0.05) is 0 Å². The Bertz CT molecular complexity index is 706. The molecule has 12 heteroatoms. The fourth-order valence-electron chi connectivity index (χ4n) is 1.97. The quantitative estimate of drug-likeness (QED) is 0.154. The number of hydrogen-bond donors (Lipinski definition) is 2. The number of phosphoric acid groups is 1. The maximum absolute atomic E-state index is 12.1. The zero-order valence-corrected chi connectivity index (χ0v) is 18.1. The number of nitrogens with zero attached hydrogens (tertiary/aromatic N) is 1. The highest BCUT2D eigenvalue weighted by Gasteiger charge is 2.26. The number of ether oxygens (including phenoxy) is 3. The van der Waals surface area contributed by atoms with E-state index in [0.717, 1.165) is 0 Å². The highest BCUT2D eigenvalue weighted by molar-refractivity contribution is 7.47. The van der Waals surface area contributed by atoms with Crippen molar-refractivity contribution in [2.75, 3.05) is 61.7 Å². The SMILES string of the molecule is COc1ccc(C(=O)OC[C@H](COP(=O)(O)OCC[N+](C)(C)C)OO)cc1OC. The van der Waals surface area contributed by atoms with Crippen molar-refractivity contribution >= 4 is 13.8 Å². The van der Waals surface area contributed by atoms with Crippen molar-refractivity contribution < 1.29 is 52.1 Å². The zero-order chi connectivity index (χ0) is 22.1. The van der Waals surface area contributed by atoms with Gasteiger partial charge in [0.2, 0.25) is 0 Å². The predicted molar refractivity (Wildman–Crippen MR) is 102 cm³/mol. The Morgan fingerprint density at radius 3 is 2.31 bits per heavy atom. The van der Waals surface area contributed by atoms with Crippen LogP contribution in [0.5, 0.6) is 11.5 Å². The van der Waals surface area contributed by atoms with Gasteiger partial charge in [0.05, 0.1) is 47.5 Å². The van der Waals surface area contributed by atoms with Gasteiger partial charge in [0, 0.05) is 0 Å². The lowest BCUT2D eigenvalue weighted by Gasteiger charge is -2.24. The van der Waals surface area contributed by atoms with E-state index in [1.54, 1.807) is 0 Å². The fourth-order valence-corrected chi connectivity index (χ4v) is 2.71. The van der Waals surface area contributed by atoms with Gasteiger partial charge in [-0.3, -0.25) is 14.3 Å². The number of likely N-dealkylation sites (N-methyl/N-ethyl adjacent to an activating group) is 1. The molecule has 29 heavy (non-hydrogen) atoms. The lowest BCUT2D eigenvalue weighted by Crippen LogP contribution is -2.37. The summed E-state index contributed by atoms with van der Waals surface area (Å²) in [5, 5.41) is 8.92. The third-order valence-corrected chi connectivity index (χ3v) is 4.59. The Kier molecular flexibility index (Phi) is 10.0. The number of methoxy groups -OCH3 is 2. The van der Waals surface area contributed by atoms with Crippen LogP contribution in [0.3, 0.4) is 0 Å². The molecule has 0 fully saturated rings. The Morgan fingerprint density at radius 2 is 1.76 bits per heavy atom. The number of esters is 1. The lowest BCUT2D eigenvalue weighted by molar-refractivity contribution is -0.870. The molecule has 0 aliphatic rings. The number of benzene rings is 1. The molecule has 166 valence electrons. The van der Waals surface area contributed by atoms with Crippen LogP contribution in [0.4, 0.5) is 0 Å². The molecule has 0 heterocycles. The van der Waals surface area contributed by atoms with Gasteiger partial charge in [-0.15, -0.1) is 0 Å². The van der Waals surface area contributed by atoms with E-state index in [1.807, 2.05) is 21.1 Å². The summed E-state index contributed by atoms with van der Waals surface area (Å²) in [6, 6.07) is 4.43. The first-order valence-electron chi connectivity index (χ1n) is 8.63. The van der Waals surface area contributed by atoms with Gasteiger partial charge in [0.25, 0.3) is 0 Å². The predicted octanol–water partition coefficient (Wildman–Crippen LogP) is 1.56. The number of hydrogen-bond acceptors (Lipinski definition) is 9. The molecule has 0 spiro atoms. The highest BCUT2D eigenvalue weighted by atomic mass is 31.2. The van der Waals surface area contributed by atoms with Gasteiger partial charge >= 0.3 is 13.8 Å². The normalized spacial score (nSPS) is 14.7. The van der Waals surface area contributed by atoms with Crippen molar-refractivity contribution in [3.05, 3.63) is 23.8 Å². The van der Waals surface area contributed by atoms with E-state index in [1.165, 1.54) is 32.4 Å². The average Bonchev–Trinajstić information content (AvgIpc) is 2.66. The minimum absolute atomic E-state index is 0.00375. The third kappa shape index (κ3) is 9.55. The minimum Gasteiger partial charge on any atom is -0.493 e. The first-order chi connectivity index (χ1) is 13.5. The van der Waals surface area contributed by atoms with Gasteiger partial charge < -0.3 is 23.6 Å². The number of rotatable bonds is 13. The standard InChI is InChI=1S/C17H28NO10P/c1-18(2,3)8-9-26-29(21,22)27-12-14(28-20)11-25-17(19)13-6-7-15(23-4)16(10-13)24-5/h6-7,10,14H,8-9,11-12H2,1-5H3,(H-,20,21,22)/p+1/t14-/m1/s1. The summed E-state index contributed by atoms with van der Waals surface area (Å²) in [7, 11) is 4.24. The highest BCUT2D eigenvalue weighted by Crippen LogP contribution is 2.43. The number of quaternary nitrogens is 1. The van der Waals surface area contributed by atoms with Crippen LogP contribution in [0.2, 0.25) is 0 Å². The summed E-state index contributed by atoms with van der Waals surface area (Å²) in [5.74, 6) is 0.0600. The van der Waals surface area contributed by atoms with Crippen LogP contribution >= 0.6 is 7.82 Å². The maximum Gasteiger partial charge on any atom is 0.472 e. The van der Waals surface area contributed by atoms with Gasteiger partial charge in [-0.2, -0.15) is 0 Å². The van der Waals surface area contributed by atoms with Crippen molar-refractivity contribution in [2.24, 2.45) is 0 Å². The molecule has 11 nitrogen and oxygen atoms in total. The first kappa shape index (κ1) is 25.3. The van der Waals surface area contributed by atoms with Gasteiger partial charge in [0.15, 0.2) is 17.6 Å². The molecule has 0 bridgehead atoms. The van der Waals surface area contributed by atoms with Crippen molar-refractivity contribution in [3.63, 3.8) is 0 Å². The smallest absolute Gasteiger partial charge is 0.472 e. The van der Waals surface area contributed by atoms with E-state index in [4.69, 9.17) is 28.5 Å². The molecule has 0 aromatic heterocycles. The monoisotopic (exact) mass is 438 g/mol. The van der Waals surface area contributed by atoms with Crippen LogP contribution in [-0.2, 0) is 23.2 Å². The molecule has 1 aromatic carbocycles. The largest absolute Gasteiger partial charge is 0.493 e. The molecule has 2 N–H and O–H groups in total. The van der Waals surface area contributed by atoms with E-state index in [9.17, 15) is 14.3 Å². The molecule has 0 aliphatic carbocycles. The fraction of sp³-hybridized carbons (Fsp3) is 0.588. The molecule has 1 rings (SSSR count). The first-order valence-corrected chi connectivity index (χ1v) is 10.1.